The predicted octanol–water partition coefficient (Wildman–Crippen LogP) is -0.316. The zero-order valence-electron chi connectivity index (χ0n) is 13.4. The Morgan fingerprint density at radius 2 is 1.92 bits per heavy atom. The highest BCUT2D eigenvalue weighted by Crippen LogP contribution is 2.19. The van der Waals surface area contributed by atoms with Gasteiger partial charge < -0.3 is 15.0 Å². The first-order chi connectivity index (χ1) is 11.3. The number of hydrogen-bond acceptors (Lipinski definition) is 6. The van der Waals surface area contributed by atoms with Crippen LogP contribution >= 0.6 is 0 Å². The van der Waals surface area contributed by atoms with Gasteiger partial charge >= 0.3 is 5.69 Å². The van der Waals surface area contributed by atoms with Gasteiger partial charge in [0.25, 0.3) is 5.56 Å². The van der Waals surface area contributed by atoms with E-state index in [1.54, 1.807) is 13.0 Å². The van der Waals surface area contributed by atoms with Crippen LogP contribution in [0.1, 0.15) is 29.3 Å². The predicted molar refractivity (Wildman–Crippen MR) is 85.8 cm³/mol. The van der Waals surface area contributed by atoms with Crippen molar-refractivity contribution >= 4 is 17.4 Å². The number of carboxylic acids is 1. The Kier molecular flexibility index (Phi) is 4.68. The Labute approximate surface area is 137 Å². The van der Waals surface area contributed by atoms with Gasteiger partial charge in [-0.2, -0.15) is 0 Å². The summed E-state index contributed by atoms with van der Waals surface area (Å²) in [6.45, 7) is 1.73. The number of nitrogens with zero attached hydrogens (tertiary/aromatic N) is 3. The van der Waals surface area contributed by atoms with Crippen LogP contribution in [0.2, 0.25) is 0 Å². The fourth-order valence-electron chi connectivity index (χ4n) is 2.26. The van der Waals surface area contributed by atoms with Crippen molar-refractivity contribution in [1.29, 1.82) is 0 Å². The third kappa shape index (κ3) is 2.98. The molecular formula is C16H16N3O5-. The van der Waals surface area contributed by atoms with Crippen molar-refractivity contribution in [3.05, 3.63) is 56.2 Å². The molecule has 0 saturated carbocycles. The van der Waals surface area contributed by atoms with Crippen LogP contribution in [0, 0.1) is 0 Å². The lowest BCUT2D eigenvalue weighted by Gasteiger charge is -2.11. The number of aromatic hydroxyl groups is 1. The van der Waals surface area contributed by atoms with E-state index in [0.717, 1.165) is 9.13 Å². The smallest absolute Gasteiger partial charge is 0.333 e. The second kappa shape index (κ2) is 6.53. The lowest BCUT2D eigenvalue weighted by Crippen LogP contribution is -2.40. The summed E-state index contributed by atoms with van der Waals surface area (Å²) in [5, 5.41) is 21.1. The molecule has 0 amide bonds. The molecule has 1 aromatic carbocycles. The second-order valence-corrected chi connectivity index (χ2v) is 5.15. The zero-order chi connectivity index (χ0) is 18.0. The lowest BCUT2D eigenvalue weighted by molar-refractivity contribution is -0.255. The van der Waals surface area contributed by atoms with Gasteiger partial charge in [0.05, 0.1) is 17.4 Å². The normalized spacial score (nSPS) is 11.5. The Balaban J connectivity index is 2.70. The largest absolute Gasteiger partial charge is 0.545 e. The van der Waals surface area contributed by atoms with Gasteiger partial charge in [-0.05, 0) is 24.1 Å². The molecule has 2 aromatic rings. The van der Waals surface area contributed by atoms with Crippen LogP contribution in [0.15, 0.2) is 38.8 Å². The fourth-order valence-corrected chi connectivity index (χ4v) is 2.26. The summed E-state index contributed by atoms with van der Waals surface area (Å²) in [4.78, 5) is 39.3. The first-order valence-corrected chi connectivity index (χ1v) is 7.16. The van der Waals surface area contributed by atoms with Crippen LogP contribution in [0.3, 0.4) is 0 Å². The molecule has 126 valence electrons. The fraction of sp³-hybridized carbons (Fsp3) is 0.250. The van der Waals surface area contributed by atoms with E-state index in [2.05, 4.69) is 4.99 Å². The number of rotatable bonds is 4. The average Bonchev–Trinajstić information content (AvgIpc) is 2.57. The molecule has 24 heavy (non-hydrogen) atoms. The van der Waals surface area contributed by atoms with E-state index < -0.39 is 23.1 Å². The van der Waals surface area contributed by atoms with Crippen molar-refractivity contribution in [2.24, 2.45) is 19.1 Å². The lowest BCUT2D eigenvalue weighted by atomic mass is 10.1. The van der Waals surface area contributed by atoms with Crippen molar-refractivity contribution in [1.82, 2.24) is 9.13 Å². The first-order valence-electron chi connectivity index (χ1n) is 7.16. The minimum absolute atomic E-state index is 0.0516. The Morgan fingerprint density at radius 3 is 2.50 bits per heavy atom. The molecule has 1 heterocycles. The molecule has 0 aliphatic carbocycles. The number of aromatic nitrogens is 2. The summed E-state index contributed by atoms with van der Waals surface area (Å²) in [6, 6.07) is 5.72. The van der Waals surface area contributed by atoms with Crippen LogP contribution in [-0.4, -0.2) is 25.9 Å². The molecule has 0 aliphatic rings. The number of hydrogen-bond donors (Lipinski definition) is 1. The maximum Gasteiger partial charge on any atom is 0.333 e. The molecule has 2 rings (SSSR count). The van der Waals surface area contributed by atoms with Crippen molar-refractivity contribution in [2.75, 3.05) is 0 Å². The molecule has 1 N–H and O–H groups in total. The highest BCUT2D eigenvalue weighted by molar-refractivity contribution is 6.03. The van der Waals surface area contributed by atoms with Crippen molar-refractivity contribution < 1.29 is 15.0 Å². The standard InChI is InChI=1S/C16H17N3O5/c1-4-11(17-10-7-5-6-9(8-10)15(22)23)12-13(20)18(2)16(24)19(3)14(12)21/h5-8,20H,4H2,1-3H3,(H,22,23)/p-1. The molecule has 0 fully saturated rings. The monoisotopic (exact) mass is 330 g/mol. The third-order valence-corrected chi connectivity index (χ3v) is 3.60. The molecule has 1 aromatic heterocycles. The summed E-state index contributed by atoms with van der Waals surface area (Å²) in [5.74, 6) is -1.83. The van der Waals surface area contributed by atoms with E-state index >= 15 is 0 Å². The highest BCUT2D eigenvalue weighted by atomic mass is 16.4. The van der Waals surface area contributed by atoms with E-state index in [4.69, 9.17) is 0 Å². The number of carbonyl (C=O) groups excluding carboxylic acids is 1. The van der Waals surface area contributed by atoms with E-state index in [1.165, 1.54) is 32.3 Å². The van der Waals surface area contributed by atoms with Crippen LogP contribution in [0.4, 0.5) is 5.69 Å². The van der Waals surface area contributed by atoms with Crippen LogP contribution < -0.4 is 16.4 Å². The van der Waals surface area contributed by atoms with E-state index in [0.29, 0.717) is 5.69 Å². The summed E-state index contributed by atoms with van der Waals surface area (Å²) < 4.78 is 1.82. The van der Waals surface area contributed by atoms with E-state index in [9.17, 15) is 24.6 Å². The first kappa shape index (κ1) is 17.2. The third-order valence-electron chi connectivity index (χ3n) is 3.60. The SMILES string of the molecule is CCC(=Nc1cccc(C(=O)[O-])c1)c1c(O)n(C)c(=O)n(C)c1=O. The van der Waals surface area contributed by atoms with Gasteiger partial charge in [-0.3, -0.25) is 18.9 Å². The van der Waals surface area contributed by atoms with Gasteiger partial charge in [-0.1, -0.05) is 19.1 Å². The maximum atomic E-state index is 12.3. The Bertz CT molecular complexity index is 953. The van der Waals surface area contributed by atoms with Gasteiger partial charge in [0.15, 0.2) is 0 Å². The minimum atomic E-state index is -1.34. The Morgan fingerprint density at radius 1 is 1.25 bits per heavy atom. The van der Waals surface area contributed by atoms with Gasteiger partial charge in [-0.15, -0.1) is 0 Å². The van der Waals surface area contributed by atoms with Crippen LogP contribution in [0.25, 0.3) is 0 Å². The minimum Gasteiger partial charge on any atom is -0.545 e. The summed E-state index contributed by atoms with van der Waals surface area (Å²) in [7, 11) is 2.64. The topological polar surface area (TPSA) is 117 Å². The van der Waals surface area contributed by atoms with Crippen molar-refractivity contribution in [2.45, 2.75) is 13.3 Å². The summed E-state index contributed by atoms with van der Waals surface area (Å²) in [6.07, 6.45) is 0.288. The number of carboxylic acid groups (broad SMARTS) is 1. The quantitative estimate of drug-likeness (QED) is 0.771. The van der Waals surface area contributed by atoms with Gasteiger partial charge in [-0.25, -0.2) is 4.79 Å². The molecule has 8 nitrogen and oxygen atoms in total. The molecule has 0 unspecified atom stereocenters. The van der Waals surface area contributed by atoms with E-state index in [1.807, 2.05) is 0 Å². The maximum absolute atomic E-state index is 12.3. The molecule has 0 radical (unpaired) electrons. The van der Waals surface area contributed by atoms with E-state index in [-0.39, 0.29) is 23.3 Å². The molecule has 0 aliphatic heterocycles. The van der Waals surface area contributed by atoms with Crippen LogP contribution in [0.5, 0.6) is 5.88 Å². The van der Waals surface area contributed by atoms with Crippen molar-refractivity contribution in [3.63, 3.8) is 0 Å². The molecule has 8 heteroatoms. The number of benzene rings is 1. The number of carbonyl (C=O) groups is 1. The van der Waals surface area contributed by atoms with Gasteiger partial charge in [0, 0.05) is 14.1 Å². The molecular weight excluding hydrogens is 314 g/mol. The number of aromatic carboxylic acids is 1. The van der Waals surface area contributed by atoms with Gasteiger partial charge in [0.1, 0.15) is 5.56 Å². The second-order valence-electron chi connectivity index (χ2n) is 5.15. The van der Waals surface area contributed by atoms with Crippen molar-refractivity contribution in [3.8, 4) is 5.88 Å². The molecule has 0 spiro atoms. The zero-order valence-corrected chi connectivity index (χ0v) is 13.4. The summed E-state index contributed by atoms with van der Waals surface area (Å²) >= 11 is 0. The van der Waals surface area contributed by atoms with Gasteiger partial charge in [0.2, 0.25) is 5.88 Å². The molecule has 0 atom stereocenters. The number of aliphatic imine (C=N–C) groups is 1. The highest BCUT2D eigenvalue weighted by Gasteiger charge is 2.19. The van der Waals surface area contributed by atoms with Crippen LogP contribution in [-0.2, 0) is 14.1 Å². The summed E-state index contributed by atoms with van der Waals surface area (Å²) in [5.41, 5.74) is -0.948. The average molecular weight is 330 g/mol. The molecule has 0 bridgehead atoms. The molecule has 0 saturated heterocycles. The Hall–Kier alpha value is -3.16.